The number of nitrogens with one attached hydrogen (secondary N) is 1. The van der Waals surface area contributed by atoms with Gasteiger partial charge in [-0.25, -0.2) is 13.4 Å². The molecule has 0 aliphatic rings. The van der Waals surface area contributed by atoms with E-state index >= 15 is 0 Å². The van der Waals surface area contributed by atoms with E-state index in [4.69, 9.17) is 0 Å². The molecule has 1 heterocycles. The molecule has 0 aliphatic heterocycles. The summed E-state index contributed by atoms with van der Waals surface area (Å²) in [7, 11) is -3.24. The number of nitrogens with zero attached hydrogens (tertiary/aromatic N) is 1. The summed E-state index contributed by atoms with van der Waals surface area (Å²) in [5, 5.41) is 3.32. The molecule has 4 nitrogen and oxygen atoms in total. The minimum atomic E-state index is -3.24. The van der Waals surface area contributed by atoms with Crippen LogP contribution >= 0.6 is 0 Å². The average Bonchev–Trinajstić information content (AvgIpc) is 2.45. The Kier molecular flexibility index (Phi) is 4.63. The van der Waals surface area contributed by atoms with Crippen molar-refractivity contribution in [3.05, 3.63) is 53.7 Å². The smallest absolute Gasteiger partial charge is 0.192 e. The lowest BCUT2D eigenvalue weighted by atomic mass is 10.0. The summed E-state index contributed by atoms with van der Waals surface area (Å²) >= 11 is 0. The van der Waals surface area contributed by atoms with Crippen molar-refractivity contribution in [1.29, 1.82) is 0 Å². The molecule has 0 radical (unpaired) electrons. The molecule has 2 aromatic rings. The lowest BCUT2D eigenvalue weighted by Gasteiger charge is -2.09. The first kappa shape index (κ1) is 15.5. The maximum atomic E-state index is 11.3. The second kappa shape index (κ2) is 6.26. The standard InChI is InChI=1S/C16H20N2O2S/c1-12(2)14-6-4-13(5-7-14)10-17-15-8-9-16(18-11-15)21(3,19)20/h4-9,11-12,17H,10H2,1-3H3. The van der Waals surface area contributed by atoms with Gasteiger partial charge < -0.3 is 5.32 Å². The summed E-state index contributed by atoms with van der Waals surface area (Å²) in [5.41, 5.74) is 3.29. The van der Waals surface area contributed by atoms with Gasteiger partial charge in [-0.1, -0.05) is 38.1 Å². The highest BCUT2D eigenvalue weighted by Crippen LogP contribution is 2.16. The van der Waals surface area contributed by atoms with Gasteiger partial charge in [-0.3, -0.25) is 0 Å². The number of hydrogen-bond acceptors (Lipinski definition) is 4. The van der Waals surface area contributed by atoms with Crippen LogP contribution in [0, 0.1) is 0 Å². The summed E-state index contributed by atoms with van der Waals surface area (Å²) < 4.78 is 22.7. The second-order valence-corrected chi connectivity index (χ2v) is 7.37. The molecular weight excluding hydrogens is 284 g/mol. The molecule has 0 saturated heterocycles. The predicted molar refractivity (Wildman–Crippen MR) is 85.2 cm³/mol. The fraction of sp³-hybridized carbons (Fsp3) is 0.312. The molecule has 0 bridgehead atoms. The lowest BCUT2D eigenvalue weighted by molar-refractivity contribution is 0.598. The SMILES string of the molecule is CC(C)c1ccc(CNc2ccc(S(C)(=O)=O)nc2)cc1. The Morgan fingerprint density at radius 1 is 1.10 bits per heavy atom. The largest absolute Gasteiger partial charge is 0.380 e. The van der Waals surface area contributed by atoms with Gasteiger partial charge >= 0.3 is 0 Å². The van der Waals surface area contributed by atoms with Crippen LogP contribution in [0.15, 0.2) is 47.6 Å². The number of pyridine rings is 1. The summed E-state index contributed by atoms with van der Waals surface area (Å²) in [6.45, 7) is 5.02. The fourth-order valence-corrected chi connectivity index (χ4v) is 2.49. The molecule has 0 atom stereocenters. The number of benzene rings is 1. The van der Waals surface area contributed by atoms with Crippen LogP contribution in [0.2, 0.25) is 0 Å². The maximum Gasteiger partial charge on any atom is 0.192 e. The van der Waals surface area contributed by atoms with E-state index in [1.165, 1.54) is 17.2 Å². The van der Waals surface area contributed by atoms with E-state index in [1.807, 2.05) is 0 Å². The normalized spacial score (nSPS) is 11.6. The molecule has 112 valence electrons. The van der Waals surface area contributed by atoms with Gasteiger partial charge in [0, 0.05) is 12.8 Å². The Hall–Kier alpha value is -1.88. The number of anilines is 1. The zero-order chi connectivity index (χ0) is 15.5. The van der Waals surface area contributed by atoms with E-state index in [1.54, 1.807) is 12.3 Å². The van der Waals surface area contributed by atoms with Gasteiger partial charge in [0.2, 0.25) is 0 Å². The van der Waals surface area contributed by atoms with Crippen LogP contribution in [0.3, 0.4) is 0 Å². The fourth-order valence-electron chi connectivity index (χ4n) is 1.93. The van der Waals surface area contributed by atoms with Crippen LogP contribution in [-0.2, 0) is 16.4 Å². The van der Waals surface area contributed by atoms with Gasteiger partial charge in [0.05, 0.1) is 11.9 Å². The van der Waals surface area contributed by atoms with Crippen LogP contribution < -0.4 is 5.32 Å². The number of rotatable bonds is 5. The summed E-state index contributed by atoms with van der Waals surface area (Å²) in [6, 6.07) is 11.7. The van der Waals surface area contributed by atoms with Crippen molar-refractivity contribution >= 4 is 15.5 Å². The molecule has 0 aliphatic carbocycles. The molecule has 0 unspecified atom stereocenters. The van der Waals surface area contributed by atoms with Crippen molar-refractivity contribution in [3.63, 3.8) is 0 Å². The zero-order valence-corrected chi connectivity index (χ0v) is 13.3. The van der Waals surface area contributed by atoms with E-state index in [0.29, 0.717) is 12.5 Å². The molecule has 2 rings (SSSR count). The number of sulfone groups is 1. The van der Waals surface area contributed by atoms with Crippen LogP contribution in [0.1, 0.15) is 30.9 Å². The number of hydrogen-bond donors (Lipinski definition) is 1. The quantitative estimate of drug-likeness (QED) is 0.921. The molecule has 0 fully saturated rings. The minimum absolute atomic E-state index is 0.0920. The van der Waals surface area contributed by atoms with Crippen LogP contribution in [0.25, 0.3) is 0 Å². The highest BCUT2D eigenvalue weighted by molar-refractivity contribution is 7.90. The topological polar surface area (TPSA) is 59.1 Å². The Labute approximate surface area is 126 Å². The van der Waals surface area contributed by atoms with Crippen LogP contribution in [0.5, 0.6) is 0 Å². The molecule has 1 aromatic carbocycles. The van der Waals surface area contributed by atoms with Crippen LogP contribution in [-0.4, -0.2) is 19.7 Å². The van der Waals surface area contributed by atoms with E-state index in [9.17, 15) is 8.42 Å². The van der Waals surface area contributed by atoms with Crippen molar-refractivity contribution in [3.8, 4) is 0 Å². The molecule has 21 heavy (non-hydrogen) atoms. The van der Waals surface area contributed by atoms with E-state index < -0.39 is 9.84 Å². The zero-order valence-electron chi connectivity index (χ0n) is 12.5. The van der Waals surface area contributed by atoms with Gasteiger partial charge in [-0.15, -0.1) is 0 Å². The molecule has 1 aromatic heterocycles. The third-order valence-electron chi connectivity index (χ3n) is 3.26. The highest BCUT2D eigenvalue weighted by Gasteiger charge is 2.07. The first-order valence-electron chi connectivity index (χ1n) is 6.85. The number of aromatic nitrogens is 1. The minimum Gasteiger partial charge on any atom is -0.380 e. The Balaban J connectivity index is 2.00. The van der Waals surface area contributed by atoms with Gasteiger partial charge in [-0.2, -0.15) is 0 Å². The van der Waals surface area contributed by atoms with Crippen molar-refractivity contribution in [2.45, 2.75) is 31.3 Å². The van der Waals surface area contributed by atoms with Crippen LogP contribution in [0.4, 0.5) is 5.69 Å². The van der Waals surface area contributed by atoms with Crippen molar-refractivity contribution in [2.75, 3.05) is 11.6 Å². The summed E-state index contributed by atoms with van der Waals surface area (Å²) in [5.74, 6) is 0.528. The highest BCUT2D eigenvalue weighted by atomic mass is 32.2. The first-order valence-corrected chi connectivity index (χ1v) is 8.74. The monoisotopic (exact) mass is 304 g/mol. The van der Waals surface area contributed by atoms with E-state index in [0.717, 1.165) is 11.9 Å². The third-order valence-corrected chi connectivity index (χ3v) is 4.26. The third kappa shape index (κ3) is 4.29. The summed E-state index contributed by atoms with van der Waals surface area (Å²) in [6.07, 6.45) is 2.69. The Morgan fingerprint density at radius 3 is 2.24 bits per heavy atom. The van der Waals surface area contributed by atoms with Crippen molar-refractivity contribution in [2.24, 2.45) is 0 Å². The van der Waals surface area contributed by atoms with E-state index in [2.05, 4.69) is 48.4 Å². The van der Waals surface area contributed by atoms with Crippen molar-refractivity contribution < 1.29 is 8.42 Å². The van der Waals surface area contributed by atoms with E-state index in [-0.39, 0.29) is 5.03 Å². The Bertz CT molecular complexity index is 690. The summed E-state index contributed by atoms with van der Waals surface area (Å²) in [4.78, 5) is 3.95. The van der Waals surface area contributed by atoms with Gasteiger partial charge in [0.25, 0.3) is 0 Å². The molecule has 1 N–H and O–H groups in total. The average molecular weight is 304 g/mol. The van der Waals surface area contributed by atoms with Gasteiger partial charge in [-0.05, 0) is 29.2 Å². The predicted octanol–water partition coefficient (Wildman–Crippen LogP) is 3.22. The van der Waals surface area contributed by atoms with Crippen molar-refractivity contribution in [1.82, 2.24) is 4.98 Å². The lowest BCUT2D eigenvalue weighted by Crippen LogP contribution is -2.03. The molecular formula is C16H20N2O2S. The Morgan fingerprint density at radius 2 is 1.76 bits per heavy atom. The molecule has 5 heteroatoms. The maximum absolute atomic E-state index is 11.3. The first-order chi connectivity index (χ1) is 9.86. The van der Waals surface area contributed by atoms with Gasteiger partial charge in [0.1, 0.15) is 0 Å². The second-order valence-electron chi connectivity index (χ2n) is 5.41. The van der Waals surface area contributed by atoms with Gasteiger partial charge in [0.15, 0.2) is 14.9 Å². The molecule has 0 saturated carbocycles. The molecule has 0 spiro atoms. The molecule has 0 amide bonds.